The van der Waals surface area contributed by atoms with Gasteiger partial charge in [0, 0.05) is 5.56 Å². The number of hydrogen-bond acceptors (Lipinski definition) is 6. The van der Waals surface area contributed by atoms with Crippen molar-refractivity contribution in [2.75, 3.05) is 0 Å². The fourth-order valence-electron chi connectivity index (χ4n) is 2.51. The normalized spacial score (nSPS) is 11.3. The zero-order chi connectivity index (χ0) is 18.8. The second kappa shape index (κ2) is 6.89. The van der Waals surface area contributed by atoms with E-state index in [2.05, 4.69) is 25.5 Å². The SMILES string of the molecule is Oc1ccc(/C=N\n2c(-c3cc(-c4ccccc4)n[nH]3)n[nH]c2=S)cc1O. The number of hydrogen-bond donors (Lipinski definition) is 4. The average molecular weight is 378 g/mol. The highest BCUT2D eigenvalue weighted by molar-refractivity contribution is 7.71. The number of rotatable bonds is 4. The molecule has 8 nitrogen and oxygen atoms in total. The number of aromatic hydroxyl groups is 2. The zero-order valence-electron chi connectivity index (χ0n) is 13.9. The van der Waals surface area contributed by atoms with Crippen molar-refractivity contribution in [3.05, 3.63) is 64.9 Å². The van der Waals surface area contributed by atoms with Crippen LogP contribution in [0.1, 0.15) is 5.56 Å². The van der Waals surface area contributed by atoms with E-state index in [0.29, 0.717) is 21.9 Å². The fraction of sp³-hybridized carbons (Fsp3) is 0. The largest absolute Gasteiger partial charge is 0.504 e. The Morgan fingerprint density at radius 1 is 0.963 bits per heavy atom. The van der Waals surface area contributed by atoms with Crippen LogP contribution in [0.4, 0.5) is 0 Å². The Morgan fingerprint density at radius 3 is 2.56 bits per heavy atom. The standard InChI is InChI=1S/C18H14N6O2S/c25-15-7-6-11(8-16(15)26)10-19-24-17(22-23-18(24)27)14-9-13(20-21-14)12-4-2-1-3-5-12/h1-10,25-26H,(H,20,21)(H,23,27)/b19-10-. The van der Waals surface area contributed by atoms with Gasteiger partial charge in [-0.2, -0.15) is 20.0 Å². The number of phenolic OH excluding ortho intramolecular Hbond substituents is 2. The second-order valence-electron chi connectivity index (χ2n) is 5.69. The minimum atomic E-state index is -0.226. The highest BCUT2D eigenvalue weighted by Gasteiger charge is 2.12. The van der Waals surface area contributed by atoms with Crippen LogP contribution in [-0.2, 0) is 0 Å². The summed E-state index contributed by atoms with van der Waals surface area (Å²) in [5, 5.41) is 37.5. The van der Waals surface area contributed by atoms with Crippen LogP contribution >= 0.6 is 12.2 Å². The maximum Gasteiger partial charge on any atom is 0.216 e. The quantitative estimate of drug-likeness (QED) is 0.247. The van der Waals surface area contributed by atoms with Crippen LogP contribution in [0.3, 0.4) is 0 Å². The van der Waals surface area contributed by atoms with E-state index in [1.165, 1.54) is 23.0 Å². The Morgan fingerprint density at radius 2 is 1.78 bits per heavy atom. The Balaban J connectivity index is 1.68. The monoisotopic (exact) mass is 378 g/mol. The lowest BCUT2D eigenvalue weighted by atomic mass is 10.1. The average Bonchev–Trinajstić information content (AvgIpc) is 3.30. The van der Waals surface area contributed by atoms with Gasteiger partial charge in [0.1, 0.15) is 5.69 Å². The van der Waals surface area contributed by atoms with Crippen LogP contribution in [0.15, 0.2) is 59.7 Å². The third-order valence-electron chi connectivity index (χ3n) is 3.86. The van der Waals surface area contributed by atoms with E-state index in [4.69, 9.17) is 12.2 Å². The van der Waals surface area contributed by atoms with Gasteiger partial charge >= 0.3 is 0 Å². The van der Waals surface area contributed by atoms with Crippen molar-refractivity contribution in [2.24, 2.45) is 5.10 Å². The number of aromatic amines is 2. The van der Waals surface area contributed by atoms with Crippen LogP contribution in [-0.4, -0.2) is 41.5 Å². The smallest absolute Gasteiger partial charge is 0.216 e. The Hall–Kier alpha value is -3.72. The predicted octanol–water partition coefficient (Wildman–Crippen LogP) is 3.29. The second-order valence-corrected chi connectivity index (χ2v) is 6.08. The maximum atomic E-state index is 9.58. The summed E-state index contributed by atoms with van der Waals surface area (Å²) in [6.45, 7) is 0. The highest BCUT2D eigenvalue weighted by atomic mass is 32.1. The first-order chi connectivity index (χ1) is 13.1. The molecule has 134 valence electrons. The van der Waals surface area contributed by atoms with E-state index in [9.17, 15) is 10.2 Å². The molecule has 27 heavy (non-hydrogen) atoms. The lowest BCUT2D eigenvalue weighted by molar-refractivity contribution is 0.403. The lowest BCUT2D eigenvalue weighted by Crippen LogP contribution is -1.95. The molecule has 0 aliphatic rings. The van der Waals surface area contributed by atoms with Gasteiger partial charge in [0.2, 0.25) is 10.6 Å². The van der Waals surface area contributed by atoms with Gasteiger partial charge in [0.25, 0.3) is 0 Å². The molecule has 0 saturated carbocycles. The summed E-state index contributed by atoms with van der Waals surface area (Å²) in [5.41, 5.74) is 2.99. The van der Waals surface area contributed by atoms with Gasteiger partial charge in [-0.25, -0.2) is 5.10 Å². The molecule has 0 radical (unpaired) electrons. The van der Waals surface area contributed by atoms with Gasteiger partial charge in [-0.15, -0.1) is 0 Å². The van der Waals surface area contributed by atoms with Gasteiger partial charge in [-0.05, 0) is 42.0 Å². The zero-order valence-corrected chi connectivity index (χ0v) is 14.7. The molecule has 9 heteroatoms. The number of nitrogens with zero attached hydrogens (tertiary/aromatic N) is 4. The number of benzene rings is 2. The first-order valence-electron chi connectivity index (χ1n) is 7.97. The Bertz CT molecular complexity index is 1180. The number of aromatic nitrogens is 5. The molecule has 2 aromatic heterocycles. The Kier molecular flexibility index (Phi) is 4.27. The first-order valence-corrected chi connectivity index (χ1v) is 8.37. The minimum Gasteiger partial charge on any atom is -0.504 e. The number of nitrogens with one attached hydrogen (secondary N) is 2. The summed E-state index contributed by atoms with van der Waals surface area (Å²) < 4.78 is 1.75. The summed E-state index contributed by atoms with van der Waals surface area (Å²) in [6, 6.07) is 16.0. The molecule has 2 aromatic carbocycles. The summed E-state index contributed by atoms with van der Waals surface area (Å²) in [4.78, 5) is 0. The van der Waals surface area contributed by atoms with Gasteiger partial charge < -0.3 is 10.2 Å². The van der Waals surface area contributed by atoms with E-state index in [1.54, 1.807) is 6.07 Å². The maximum absolute atomic E-state index is 9.58. The molecule has 4 N–H and O–H groups in total. The van der Waals surface area contributed by atoms with Gasteiger partial charge in [0.05, 0.1) is 11.9 Å². The summed E-state index contributed by atoms with van der Waals surface area (Å²) in [7, 11) is 0. The molecule has 4 rings (SSSR count). The van der Waals surface area contributed by atoms with E-state index in [-0.39, 0.29) is 11.5 Å². The molecular formula is C18H14N6O2S. The van der Waals surface area contributed by atoms with Crippen molar-refractivity contribution in [2.45, 2.75) is 0 Å². The van der Waals surface area contributed by atoms with Crippen molar-refractivity contribution in [1.82, 2.24) is 25.1 Å². The molecule has 0 saturated heterocycles. The Labute approximate surface area is 158 Å². The molecule has 0 unspecified atom stereocenters. The van der Waals surface area contributed by atoms with E-state index in [0.717, 1.165) is 11.3 Å². The van der Waals surface area contributed by atoms with Crippen LogP contribution in [0.5, 0.6) is 11.5 Å². The van der Waals surface area contributed by atoms with Crippen molar-refractivity contribution < 1.29 is 10.2 Å². The summed E-state index contributed by atoms with van der Waals surface area (Å²) >= 11 is 5.24. The summed E-state index contributed by atoms with van der Waals surface area (Å²) in [5.74, 6) is 0.0450. The van der Waals surface area contributed by atoms with Crippen molar-refractivity contribution in [1.29, 1.82) is 0 Å². The van der Waals surface area contributed by atoms with Crippen LogP contribution < -0.4 is 0 Å². The molecular weight excluding hydrogens is 364 g/mol. The molecule has 0 spiro atoms. The molecule has 0 bridgehead atoms. The van der Waals surface area contributed by atoms with E-state index in [1.807, 2.05) is 36.4 Å². The van der Waals surface area contributed by atoms with Crippen LogP contribution in [0.25, 0.3) is 22.8 Å². The number of phenols is 2. The molecule has 0 amide bonds. The molecule has 0 atom stereocenters. The van der Waals surface area contributed by atoms with Crippen molar-refractivity contribution >= 4 is 18.4 Å². The van der Waals surface area contributed by atoms with E-state index >= 15 is 0 Å². The molecule has 0 aliphatic heterocycles. The first kappa shape index (κ1) is 16.7. The topological polar surface area (TPSA) is 115 Å². The van der Waals surface area contributed by atoms with Gasteiger partial charge in [-0.1, -0.05) is 30.3 Å². The molecule has 2 heterocycles. The third kappa shape index (κ3) is 3.35. The minimum absolute atomic E-state index is 0.196. The predicted molar refractivity (Wildman–Crippen MR) is 103 cm³/mol. The van der Waals surface area contributed by atoms with Crippen LogP contribution in [0.2, 0.25) is 0 Å². The van der Waals surface area contributed by atoms with Gasteiger partial charge in [0.15, 0.2) is 11.5 Å². The summed E-state index contributed by atoms with van der Waals surface area (Å²) in [6.07, 6.45) is 1.50. The van der Waals surface area contributed by atoms with Crippen molar-refractivity contribution in [3.63, 3.8) is 0 Å². The molecule has 0 fully saturated rings. The molecule has 4 aromatic rings. The fourth-order valence-corrected chi connectivity index (χ4v) is 2.69. The van der Waals surface area contributed by atoms with Crippen molar-refractivity contribution in [3.8, 4) is 34.3 Å². The van der Waals surface area contributed by atoms with E-state index < -0.39 is 0 Å². The molecule has 0 aliphatic carbocycles. The number of H-pyrrole nitrogens is 2. The van der Waals surface area contributed by atoms with Gasteiger partial charge in [-0.3, -0.25) is 5.10 Å². The van der Waals surface area contributed by atoms with Crippen LogP contribution in [0, 0.1) is 4.77 Å². The highest BCUT2D eigenvalue weighted by Crippen LogP contribution is 2.25. The third-order valence-corrected chi connectivity index (χ3v) is 4.12. The lowest BCUT2D eigenvalue weighted by Gasteiger charge is -2.00.